The van der Waals surface area contributed by atoms with E-state index in [2.05, 4.69) is 56.9 Å². The van der Waals surface area contributed by atoms with Crippen molar-refractivity contribution in [3.63, 3.8) is 0 Å². The van der Waals surface area contributed by atoms with Crippen molar-refractivity contribution in [2.24, 2.45) is 11.8 Å². The van der Waals surface area contributed by atoms with Crippen LogP contribution in [-0.4, -0.2) is 24.5 Å². The Hall–Kier alpha value is -0.530. The van der Waals surface area contributed by atoms with Crippen LogP contribution in [0.5, 0.6) is 0 Å². The van der Waals surface area contributed by atoms with Crippen LogP contribution < -0.4 is 0 Å². The highest BCUT2D eigenvalue weighted by molar-refractivity contribution is 6.21. The van der Waals surface area contributed by atoms with Crippen molar-refractivity contribution in [1.29, 1.82) is 0 Å². The molecule has 1 aliphatic rings. The molecule has 1 saturated heterocycles. The number of rotatable bonds is 5. The standard InChI is InChI=1S/C19H30ClN/c1-5-16(4)17-6-8-18(9-7-17)19(20)13-21-11-14(2)10-15(3)12-21/h6-9,14-16,19H,5,10-13H2,1-4H3. The summed E-state index contributed by atoms with van der Waals surface area (Å²) in [4.78, 5) is 2.54. The molecule has 0 N–H and O–H groups in total. The molecule has 4 atom stereocenters. The lowest BCUT2D eigenvalue weighted by molar-refractivity contribution is 0.141. The van der Waals surface area contributed by atoms with Crippen LogP contribution in [0.25, 0.3) is 0 Å². The molecule has 4 unspecified atom stereocenters. The van der Waals surface area contributed by atoms with Gasteiger partial charge in [0.15, 0.2) is 0 Å². The van der Waals surface area contributed by atoms with Gasteiger partial charge in [-0.3, -0.25) is 0 Å². The summed E-state index contributed by atoms with van der Waals surface area (Å²) in [5.41, 5.74) is 2.68. The van der Waals surface area contributed by atoms with Crippen LogP contribution >= 0.6 is 11.6 Å². The van der Waals surface area contributed by atoms with E-state index in [1.54, 1.807) is 0 Å². The summed E-state index contributed by atoms with van der Waals surface area (Å²) in [6.07, 6.45) is 2.54. The molecule has 2 heteroatoms. The molecule has 21 heavy (non-hydrogen) atoms. The Kier molecular flexibility index (Phi) is 6.13. The zero-order chi connectivity index (χ0) is 15.4. The lowest BCUT2D eigenvalue weighted by atomic mass is 9.91. The van der Waals surface area contributed by atoms with Gasteiger partial charge >= 0.3 is 0 Å². The average Bonchev–Trinajstić information content (AvgIpc) is 2.45. The SMILES string of the molecule is CCC(C)c1ccc(C(Cl)CN2CC(C)CC(C)C2)cc1. The number of likely N-dealkylation sites (tertiary alicyclic amines) is 1. The van der Waals surface area contributed by atoms with Crippen molar-refractivity contribution < 1.29 is 0 Å². The van der Waals surface area contributed by atoms with E-state index in [1.807, 2.05) is 0 Å². The smallest absolute Gasteiger partial charge is 0.0712 e. The summed E-state index contributed by atoms with van der Waals surface area (Å²) < 4.78 is 0. The summed E-state index contributed by atoms with van der Waals surface area (Å²) in [5, 5.41) is 0.105. The van der Waals surface area contributed by atoms with Gasteiger partial charge in [-0.2, -0.15) is 0 Å². The molecule has 0 saturated carbocycles. The first kappa shape index (κ1) is 16.8. The third-order valence-corrected chi connectivity index (χ3v) is 5.23. The Morgan fingerprint density at radius 1 is 1.10 bits per heavy atom. The molecule has 1 aliphatic heterocycles. The number of hydrogen-bond acceptors (Lipinski definition) is 1. The second-order valence-corrected chi connectivity index (χ2v) is 7.63. The Balaban J connectivity index is 1.95. The summed E-state index contributed by atoms with van der Waals surface area (Å²) in [5.74, 6) is 2.23. The first-order valence-corrected chi connectivity index (χ1v) is 8.89. The molecule has 0 aromatic heterocycles. The van der Waals surface area contributed by atoms with Crippen LogP contribution in [0.15, 0.2) is 24.3 Å². The third kappa shape index (κ3) is 4.72. The molecule has 2 rings (SSSR count). The fraction of sp³-hybridized carbons (Fsp3) is 0.684. The molecular weight excluding hydrogens is 278 g/mol. The Morgan fingerprint density at radius 2 is 1.62 bits per heavy atom. The number of alkyl halides is 1. The van der Waals surface area contributed by atoms with Crippen LogP contribution in [-0.2, 0) is 0 Å². The molecule has 0 aliphatic carbocycles. The first-order chi connectivity index (χ1) is 9.99. The molecule has 0 radical (unpaired) electrons. The summed E-state index contributed by atoms with van der Waals surface area (Å²) >= 11 is 6.66. The largest absolute Gasteiger partial charge is 0.301 e. The van der Waals surface area contributed by atoms with Crippen molar-refractivity contribution in [3.8, 4) is 0 Å². The number of piperidine rings is 1. The van der Waals surface area contributed by atoms with Crippen LogP contribution in [0, 0.1) is 11.8 Å². The topological polar surface area (TPSA) is 3.24 Å². The Bertz CT molecular complexity index is 418. The van der Waals surface area contributed by atoms with Crippen molar-refractivity contribution in [1.82, 2.24) is 4.90 Å². The maximum Gasteiger partial charge on any atom is 0.0712 e. The van der Waals surface area contributed by atoms with Gasteiger partial charge < -0.3 is 4.90 Å². The van der Waals surface area contributed by atoms with Crippen LogP contribution in [0.1, 0.15) is 63.0 Å². The predicted octanol–water partition coefficient (Wildman–Crippen LogP) is 5.46. The minimum absolute atomic E-state index is 0.105. The van der Waals surface area contributed by atoms with Crippen LogP contribution in [0.4, 0.5) is 0 Å². The fourth-order valence-corrected chi connectivity index (χ4v) is 3.88. The van der Waals surface area contributed by atoms with Crippen molar-refractivity contribution in [3.05, 3.63) is 35.4 Å². The van der Waals surface area contributed by atoms with E-state index in [9.17, 15) is 0 Å². The highest BCUT2D eigenvalue weighted by atomic mass is 35.5. The second-order valence-electron chi connectivity index (χ2n) is 7.11. The molecule has 1 aromatic rings. The molecule has 1 fully saturated rings. The van der Waals surface area contributed by atoms with E-state index in [1.165, 1.54) is 37.1 Å². The molecule has 1 nitrogen and oxygen atoms in total. The fourth-order valence-electron chi connectivity index (χ4n) is 3.54. The van der Waals surface area contributed by atoms with Crippen molar-refractivity contribution in [2.75, 3.05) is 19.6 Å². The molecule has 0 bridgehead atoms. The van der Waals surface area contributed by atoms with E-state index in [0.717, 1.165) is 18.4 Å². The number of hydrogen-bond donors (Lipinski definition) is 0. The zero-order valence-corrected chi connectivity index (χ0v) is 14.7. The summed E-state index contributed by atoms with van der Waals surface area (Å²) in [6, 6.07) is 8.94. The van der Waals surface area contributed by atoms with Gasteiger partial charge in [0, 0.05) is 19.6 Å². The second kappa shape index (κ2) is 7.65. The number of nitrogens with zero attached hydrogens (tertiary/aromatic N) is 1. The highest BCUT2D eigenvalue weighted by Gasteiger charge is 2.23. The van der Waals surface area contributed by atoms with Gasteiger partial charge in [-0.05, 0) is 41.7 Å². The molecule has 0 spiro atoms. The van der Waals surface area contributed by atoms with E-state index >= 15 is 0 Å². The lowest BCUT2D eigenvalue weighted by Crippen LogP contribution is -2.40. The van der Waals surface area contributed by atoms with Gasteiger partial charge in [-0.1, -0.05) is 52.0 Å². The maximum absolute atomic E-state index is 6.66. The predicted molar refractivity (Wildman–Crippen MR) is 93.1 cm³/mol. The Morgan fingerprint density at radius 3 is 2.14 bits per heavy atom. The third-order valence-electron chi connectivity index (χ3n) is 4.84. The van der Waals surface area contributed by atoms with Crippen LogP contribution in [0.3, 0.4) is 0 Å². The molecule has 1 aromatic carbocycles. The monoisotopic (exact) mass is 307 g/mol. The zero-order valence-electron chi connectivity index (χ0n) is 14.0. The van der Waals surface area contributed by atoms with E-state index in [-0.39, 0.29) is 5.38 Å². The Labute approximate surface area is 135 Å². The molecule has 118 valence electrons. The van der Waals surface area contributed by atoms with Gasteiger partial charge in [0.25, 0.3) is 0 Å². The average molecular weight is 308 g/mol. The van der Waals surface area contributed by atoms with E-state index < -0.39 is 0 Å². The van der Waals surface area contributed by atoms with Gasteiger partial charge in [-0.25, -0.2) is 0 Å². The lowest BCUT2D eigenvalue weighted by Gasteiger charge is -2.36. The number of halogens is 1. The normalized spacial score (nSPS) is 26.5. The van der Waals surface area contributed by atoms with Gasteiger partial charge in [0.2, 0.25) is 0 Å². The van der Waals surface area contributed by atoms with E-state index in [0.29, 0.717) is 5.92 Å². The first-order valence-electron chi connectivity index (χ1n) is 8.45. The maximum atomic E-state index is 6.66. The quantitative estimate of drug-likeness (QED) is 0.653. The minimum Gasteiger partial charge on any atom is -0.301 e. The highest BCUT2D eigenvalue weighted by Crippen LogP contribution is 2.28. The van der Waals surface area contributed by atoms with Gasteiger partial charge in [0.1, 0.15) is 0 Å². The van der Waals surface area contributed by atoms with Crippen molar-refractivity contribution in [2.45, 2.75) is 51.8 Å². The van der Waals surface area contributed by atoms with E-state index in [4.69, 9.17) is 11.6 Å². The van der Waals surface area contributed by atoms with Gasteiger partial charge in [-0.15, -0.1) is 11.6 Å². The van der Waals surface area contributed by atoms with Crippen LogP contribution in [0.2, 0.25) is 0 Å². The molecular formula is C19H30ClN. The van der Waals surface area contributed by atoms with Crippen molar-refractivity contribution >= 4 is 11.6 Å². The molecule has 0 amide bonds. The summed E-state index contributed by atoms with van der Waals surface area (Å²) in [7, 11) is 0. The minimum atomic E-state index is 0.105. The molecule has 1 heterocycles. The summed E-state index contributed by atoms with van der Waals surface area (Å²) in [6.45, 7) is 12.6. The van der Waals surface area contributed by atoms with Gasteiger partial charge in [0.05, 0.1) is 5.38 Å². The number of benzene rings is 1.